The fourth-order valence-corrected chi connectivity index (χ4v) is 4.08. The van der Waals surface area contributed by atoms with Crippen molar-refractivity contribution in [1.82, 2.24) is 0 Å². The van der Waals surface area contributed by atoms with Crippen LogP contribution in [0, 0.1) is 11.8 Å². The van der Waals surface area contributed by atoms with Crippen molar-refractivity contribution in [1.29, 1.82) is 0 Å². The van der Waals surface area contributed by atoms with E-state index in [-0.39, 0.29) is 36.1 Å². The molecule has 8 heteroatoms. The Morgan fingerprint density at radius 1 is 1.40 bits per heavy atom. The van der Waals surface area contributed by atoms with Crippen molar-refractivity contribution in [2.75, 3.05) is 6.61 Å². The normalized spacial score (nSPS) is 29.6. The van der Waals surface area contributed by atoms with E-state index in [0.29, 0.717) is 23.8 Å². The highest BCUT2D eigenvalue weighted by Gasteiger charge is 2.49. The first-order valence-electron chi connectivity index (χ1n) is 8.08. The summed E-state index contributed by atoms with van der Waals surface area (Å²) in [5.41, 5.74) is 0. The van der Waals surface area contributed by atoms with Gasteiger partial charge in [-0.05, 0) is 18.2 Å². The van der Waals surface area contributed by atoms with Crippen molar-refractivity contribution in [3.8, 4) is 5.75 Å². The van der Waals surface area contributed by atoms with Crippen LogP contribution in [0.4, 0.5) is 0 Å². The molecule has 3 rings (SSSR count). The molecule has 1 saturated heterocycles. The summed E-state index contributed by atoms with van der Waals surface area (Å²) < 4.78 is 22.0. The number of halogens is 1. The van der Waals surface area contributed by atoms with E-state index >= 15 is 0 Å². The molecule has 1 aromatic rings. The molecule has 0 spiro atoms. The third kappa shape index (κ3) is 4.72. The molecule has 1 aliphatic heterocycles. The van der Waals surface area contributed by atoms with Gasteiger partial charge in [-0.3, -0.25) is 4.79 Å². The zero-order valence-corrected chi connectivity index (χ0v) is 16.6. The van der Waals surface area contributed by atoms with Crippen LogP contribution in [-0.4, -0.2) is 30.9 Å². The Kier molecular flexibility index (Phi) is 6.71. The minimum absolute atomic E-state index is 0.0170. The maximum absolute atomic E-state index is 11.5. The lowest BCUT2D eigenvalue weighted by Gasteiger charge is -2.19. The third-order valence-electron chi connectivity index (χ3n) is 4.66. The van der Waals surface area contributed by atoms with E-state index in [4.69, 9.17) is 30.1 Å². The van der Waals surface area contributed by atoms with Crippen molar-refractivity contribution in [3.05, 3.63) is 41.4 Å². The SMILES string of the molecule is O=C1C[C@H]2C(CC(OP)[C@@H]2/C=C/C(COc2cccc(Cl)c2)OP)O1. The van der Waals surface area contributed by atoms with E-state index in [9.17, 15) is 4.79 Å². The van der Waals surface area contributed by atoms with Gasteiger partial charge < -0.3 is 18.5 Å². The summed E-state index contributed by atoms with van der Waals surface area (Å²) in [4.78, 5) is 11.5. The van der Waals surface area contributed by atoms with Crippen LogP contribution in [0.2, 0.25) is 5.02 Å². The summed E-state index contributed by atoms with van der Waals surface area (Å²) in [6.07, 6.45) is 4.89. The minimum Gasteiger partial charge on any atom is -0.490 e. The molecule has 0 aromatic heterocycles. The molecule has 0 N–H and O–H groups in total. The number of rotatable bonds is 7. The van der Waals surface area contributed by atoms with E-state index in [0.717, 1.165) is 6.42 Å². The van der Waals surface area contributed by atoms with Crippen LogP contribution in [0.3, 0.4) is 0 Å². The summed E-state index contributed by atoms with van der Waals surface area (Å²) in [7, 11) is 4.57. The first-order valence-corrected chi connectivity index (χ1v) is 9.40. The molecule has 1 heterocycles. The van der Waals surface area contributed by atoms with Gasteiger partial charge in [0.15, 0.2) is 0 Å². The van der Waals surface area contributed by atoms with Gasteiger partial charge in [-0.25, -0.2) is 0 Å². The Balaban J connectivity index is 1.60. The zero-order chi connectivity index (χ0) is 17.8. The molecule has 5 unspecified atom stereocenters. The van der Waals surface area contributed by atoms with E-state index in [1.165, 1.54) is 0 Å². The molecule has 0 bridgehead atoms. The average Bonchev–Trinajstić information content (AvgIpc) is 3.11. The number of carbonyl (C=O) groups excluding carboxylic acids is 1. The molecule has 2 fully saturated rings. The van der Waals surface area contributed by atoms with Gasteiger partial charge in [-0.15, -0.1) is 0 Å². The number of ether oxygens (including phenoxy) is 2. The second-order valence-electron chi connectivity index (χ2n) is 6.21. The van der Waals surface area contributed by atoms with Gasteiger partial charge in [0.25, 0.3) is 0 Å². The van der Waals surface area contributed by atoms with Gasteiger partial charge in [-0.2, -0.15) is 0 Å². The molecule has 25 heavy (non-hydrogen) atoms. The van der Waals surface area contributed by atoms with Crippen molar-refractivity contribution in [2.24, 2.45) is 11.8 Å². The molecule has 1 aliphatic carbocycles. The smallest absolute Gasteiger partial charge is 0.306 e. The lowest BCUT2D eigenvalue weighted by Crippen LogP contribution is -2.21. The van der Waals surface area contributed by atoms with Crippen LogP contribution in [0.5, 0.6) is 5.75 Å². The van der Waals surface area contributed by atoms with Crippen LogP contribution >= 0.6 is 30.5 Å². The maximum Gasteiger partial charge on any atom is 0.306 e. The Morgan fingerprint density at radius 2 is 2.24 bits per heavy atom. The van der Waals surface area contributed by atoms with Gasteiger partial charge in [0.1, 0.15) is 24.6 Å². The molecule has 1 saturated carbocycles. The van der Waals surface area contributed by atoms with Crippen molar-refractivity contribution < 1.29 is 23.3 Å². The quantitative estimate of drug-likeness (QED) is 0.396. The molecule has 7 atom stereocenters. The Hall–Kier alpha value is -0.700. The number of fused-ring (bicyclic) bond motifs is 1. The number of carbonyl (C=O) groups is 1. The Morgan fingerprint density at radius 3 is 2.96 bits per heavy atom. The number of esters is 1. The lowest BCUT2D eigenvalue weighted by atomic mass is 9.91. The zero-order valence-electron chi connectivity index (χ0n) is 13.5. The molecule has 5 nitrogen and oxygen atoms in total. The fourth-order valence-electron chi connectivity index (χ4n) is 3.44. The highest BCUT2D eigenvalue weighted by Crippen LogP contribution is 2.44. The maximum atomic E-state index is 11.5. The molecule has 1 aromatic carbocycles. The first kappa shape index (κ1) is 19.1. The minimum atomic E-state index is -0.244. The first-order chi connectivity index (χ1) is 12.1. The van der Waals surface area contributed by atoms with Gasteiger partial charge >= 0.3 is 5.97 Å². The molecule has 2 aliphatic rings. The van der Waals surface area contributed by atoms with Gasteiger partial charge in [-0.1, -0.05) is 29.8 Å². The summed E-state index contributed by atoms with van der Waals surface area (Å²) in [6, 6.07) is 7.23. The highest BCUT2D eigenvalue weighted by molar-refractivity contribution is 7.10. The number of benzene rings is 1. The van der Waals surface area contributed by atoms with Gasteiger partial charge in [0.05, 0.1) is 12.5 Å². The van der Waals surface area contributed by atoms with Crippen molar-refractivity contribution >= 4 is 36.5 Å². The summed E-state index contributed by atoms with van der Waals surface area (Å²) >= 11 is 5.95. The van der Waals surface area contributed by atoms with E-state index < -0.39 is 0 Å². The third-order valence-corrected chi connectivity index (χ3v) is 5.59. The lowest BCUT2D eigenvalue weighted by molar-refractivity contribution is -0.141. The summed E-state index contributed by atoms with van der Waals surface area (Å²) in [6.45, 7) is 0.350. The highest BCUT2D eigenvalue weighted by atomic mass is 35.5. The van der Waals surface area contributed by atoms with Gasteiger partial charge in [0.2, 0.25) is 0 Å². The molecule has 0 amide bonds. The Labute approximate surface area is 156 Å². The molecule has 136 valence electrons. The topological polar surface area (TPSA) is 54.0 Å². The second kappa shape index (κ2) is 8.79. The predicted molar refractivity (Wildman–Crippen MR) is 101 cm³/mol. The number of hydrogen-bond acceptors (Lipinski definition) is 5. The van der Waals surface area contributed by atoms with Crippen LogP contribution in [0.15, 0.2) is 36.4 Å². The van der Waals surface area contributed by atoms with Crippen molar-refractivity contribution in [2.45, 2.75) is 31.2 Å². The van der Waals surface area contributed by atoms with Crippen LogP contribution in [0.25, 0.3) is 0 Å². The molecule has 0 radical (unpaired) electrons. The Bertz CT molecular complexity index is 641. The van der Waals surface area contributed by atoms with E-state index in [1.807, 2.05) is 18.2 Å². The summed E-state index contributed by atoms with van der Waals surface area (Å²) in [5, 5.41) is 0.625. The monoisotopic (exact) mass is 402 g/mol. The van der Waals surface area contributed by atoms with E-state index in [2.05, 4.69) is 25.0 Å². The average molecular weight is 403 g/mol. The van der Waals surface area contributed by atoms with E-state index in [1.54, 1.807) is 12.1 Å². The number of hydrogen-bond donors (Lipinski definition) is 0. The second-order valence-corrected chi connectivity index (χ2v) is 7.19. The molecular weight excluding hydrogens is 382 g/mol. The summed E-state index contributed by atoms with van der Waals surface area (Å²) in [5.74, 6) is 0.838. The predicted octanol–water partition coefficient (Wildman–Crippen LogP) is 3.58. The van der Waals surface area contributed by atoms with Crippen LogP contribution in [0.1, 0.15) is 12.8 Å². The van der Waals surface area contributed by atoms with Crippen LogP contribution < -0.4 is 4.74 Å². The fraction of sp³-hybridized carbons (Fsp3) is 0.471. The molecular formula is C17H21ClO5P2. The van der Waals surface area contributed by atoms with Gasteiger partial charge in [0, 0.05) is 42.2 Å². The van der Waals surface area contributed by atoms with Crippen molar-refractivity contribution in [3.63, 3.8) is 0 Å². The van der Waals surface area contributed by atoms with Crippen LogP contribution in [-0.2, 0) is 18.6 Å². The standard InChI is InChI=1S/C17H21ClO5P2/c18-10-2-1-3-11(6-10)20-9-12(22-24)4-5-13-14-7-17(19)21-15(14)8-16(13)23-25/h1-6,12-16H,7-9,24-25H2/b5-4+/t12?,13-,14-,15?,16?/m1/s1. The largest absolute Gasteiger partial charge is 0.490 e.